The van der Waals surface area contributed by atoms with E-state index in [1.807, 2.05) is 76.4 Å². The van der Waals surface area contributed by atoms with Gasteiger partial charge in [-0.3, -0.25) is 23.7 Å². The fraction of sp³-hybridized carbons (Fsp3) is 0.747. The van der Waals surface area contributed by atoms with Gasteiger partial charge in [-0.05, 0) is 331 Å². The minimum atomic E-state index is -0.651. The van der Waals surface area contributed by atoms with Crippen LogP contribution in [0, 0.1) is 121 Å². The molecule has 15 nitrogen and oxygen atoms in total. The van der Waals surface area contributed by atoms with E-state index in [1.165, 1.54) is 83.5 Å². The molecule has 0 saturated heterocycles. The molecule has 18 rings (SSSR count). The number of carbonyl (C=O) groups is 3. The van der Waals surface area contributed by atoms with E-state index in [-0.39, 0.29) is 41.4 Å². The van der Waals surface area contributed by atoms with Crippen molar-refractivity contribution in [3.8, 4) is 0 Å². The van der Waals surface area contributed by atoms with Crippen molar-refractivity contribution in [3.05, 3.63) is 87.6 Å². The molecule has 3 heterocycles. The number of alkyl halides is 1. The number of methoxy groups -OCH3 is 3. The number of carbonyl (C=O) groups excluding carboxylic acids is 3. The highest BCUT2D eigenvalue weighted by molar-refractivity contribution is 9.09. The lowest BCUT2D eigenvalue weighted by molar-refractivity contribution is -0.164. The molecular weight excluding hydrogens is 1510 g/mol. The first-order chi connectivity index (χ1) is 51.9. The van der Waals surface area contributed by atoms with Crippen LogP contribution in [-0.2, 0) is 48.2 Å². The summed E-state index contributed by atoms with van der Waals surface area (Å²) in [4.78, 5) is 40.0. The van der Waals surface area contributed by atoms with Gasteiger partial charge in [-0.25, -0.2) is 0 Å². The van der Waals surface area contributed by atoms with Crippen molar-refractivity contribution >= 4 is 95.6 Å². The number of halogens is 4. The zero-order valence-corrected chi connectivity index (χ0v) is 70.4. The predicted molar refractivity (Wildman–Crippen MR) is 441 cm³/mol. The van der Waals surface area contributed by atoms with Crippen molar-refractivity contribution in [3.63, 3.8) is 0 Å². The van der Waals surface area contributed by atoms with Gasteiger partial charge in [0, 0.05) is 76.7 Å². The maximum absolute atomic E-state index is 13.7. The molecule has 110 heavy (non-hydrogen) atoms. The van der Waals surface area contributed by atoms with Gasteiger partial charge in [-0.2, -0.15) is 20.4 Å². The average Bonchev–Trinajstić information content (AvgIpc) is 1.31. The minimum Gasteiger partial charge on any atom is -0.387 e. The van der Waals surface area contributed by atoms with Crippen molar-refractivity contribution in [2.24, 2.45) is 131 Å². The highest BCUT2D eigenvalue weighted by Crippen LogP contribution is 2.72. The maximum atomic E-state index is 13.7. The summed E-state index contributed by atoms with van der Waals surface area (Å²) < 4.78 is 19.8. The van der Waals surface area contributed by atoms with Crippen LogP contribution in [0.5, 0.6) is 0 Å². The summed E-state index contributed by atoms with van der Waals surface area (Å²) >= 11 is 21.5. The summed E-state index contributed by atoms with van der Waals surface area (Å²) in [5.74, 6) is 9.85. The Morgan fingerprint density at radius 2 is 0.891 bits per heavy atom. The first-order valence-corrected chi connectivity index (χ1v) is 44.4. The number of hydrogen-bond donors (Lipinski definition) is 3. The Labute approximate surface area is 678 Å². The third-order valence-corrected chi connectivity index (χ3v) is 35.5. The number of ether oxygens (including phenoxy) is 3. The van der Waals surface area contributed by atoms with E-state index in [4.69, 9.17) is 49.0 Å². The summed E-state index contributed by atoms with van der Waals surface area (Å²) in [5.41, 5.74) is 3.41. The molecular formula is C91H128BrCl3N6O9. The van der Waals surface area contributed by atoms with Gasteiger partial charge in [-0.1, -0.05) is 99.7 Å². The Morgan fingerprint density at radius 3 is 1.35 bits per heavy atom. The normalized spacial score (nSPS) is 41.5. The zero-order valence-electron chi connectivity index (χ0n) is 66.5. The van der Waals surface area contributed by atoms with E-state index in [2.05, 4.69) is 77.9 Å². The van der Waals surface area contributed by atoms with Crippen LogP contribution < -0.4 is 0 Å². The quantitative estimate of drug-likeness (QED) is 0.0894. The largest absolute Gasteiger partial charge is 0.387 e. The monoisotopic (exact) mass is 1630 g/mol. The van der Waals surface area contributed by atoms with Gasteiger partial charge in [-0.15, -0.1) is 0 Å². The molecule has 12 fully saturated rings. The highest BCUT2D eigenvalue weighted by Gasteiger charge is 2.66. The molecule has 0 spiro atoms. The van der Waals surface area contributed by atoms with Gasteiger partial charge in [0.05, 0.1) is 78.0 Å². The van der Waals surface area contributed by atoms with E-state index in [0.29, 0.717) is 130 Å². The Morgan fingerprint density at radius 1 is 0.482 bits per heavy atom. The lowest BCUT2D eigenvalue weighted by atomic mass is 9.44. The van der Waals surface area contributed by atoms with Gasteiger partial charge in [0.25, 0.3) is 0 Å². The summed E-state index contributed by atoms with van der Waals surface area (Å²) in [7, 11) is 5.11. The molecule has 1 aliphatic heterocycles. The number of benzene rings is 3. The molecule has 13 aliphatic rings. The molecule has 0 radical (unpaired) electrons. The van der Waals surface area contributed by atoms with Gasteiger partial charge in [0.1, 0.15) is 12.3 Å². The minimum absolute atomic E-state index is 0. The SMILES string of the molecule is C.COC[C@@]1(O)CC[C@@]2(C)[C@@H](CC[C@@H]3[C@@H]2CC[C@]2(C)[C@@H](C(=O)CBr)CC[C@@H]32)C1.COC[C@@]1(O)CC[C@@]2(C)[C@@H](CC[C@@H]3[C@@H]2CC[C@]2(C)[C@@H](C(=O)Cn4cc5cc(Cl)ccc5n4)CC[C@@H]32)C1.COC[C@@]1(O)CC[C@@]2(C)[C@@H](CC[C@@H]3[C@@H]2CC[C@]2(C)[C@@H](C(=O)Cn4ncc5cc(Cl)ccc54)CC[C@@H]32)C1.Clc1ccc2c(c1)CN=N2. The van der Waals surface area contributed by atoms with Crippen LogP contribution in [-0.4, -0.2) is 116 Å². The van der Waals surface area contributed by atoms with E-state index >= 15 is 0 Å². The van der Waals surface area contributed by atoms with Crippen molar-refractivity contribution in [1.82, 2.24) is 19.6 Å². The van der Waals surface area contributed by atoms with Crippen molar-refractivity contribution in [2.75, 3.05) is 46.5 Å². The Balaban J connectivity index is 0.000000130. The number of azo groups is 1. The highest BCUT2D eigenvalue weighted by atomic mass is 79.9. The molecule has 5 aromatic rings. The molecule has 0 unspecified atom stereocenters. The molecule has 0 bridgehead atoms. The fourth-order valence-corrected chi connectivity index (χ4v) is 29.6. The topological polar surface area (TPSA) is 200 Å². The molecule has 604 valence electrons. The first kappa shape index (κ1) is 82.8. The van der Waals surface area contributed by atoms with Gasteiger partial charge >= 0.3 is 0 Å². The number of nitrogens with zero attached hydrogens (tertiary/aromatic N) is 6. The van der Waals surface area contributed by atoms with E-state index in [9.17, 15) is 29.7 Å². The van der Waals surface area contributed by atoms with Crippen LogP contribution in [0.4, 0.5) is 5.69 Å². The smallest absolute Gasteiger partial charge is 0.157 e. The lowest BCUT2D eigenvalue weighted by Gasteiger charge is -2.62. The van der Waals surface area contributed by atoms with Crippen LogP contribution in [0.1, 0.15) is 228 Å². The fourth-order valence-electron chi connectivity index (χ4n) is 28.7. The second-order valence-electron chi connectivity index (χ2n) is 39.3. The van der Waals surface area contributed by atoms with Crippen molar-refractivity contribution in [1.29, 1.82) is 0 Å². The van der Waals surface area contributed by atoms with Crippen LogP contribution in [0.25, 0.3) is 21.8 Å². The Hall–Kier alpha value is -3.68. The molecule has 12 aliphatic carbocycles. The van der Waals surface area contributed by atoms with Gasteiger partial charge in [0.2, 0.25) is 0 Å². The lowest BCUT2D eigenvalue weighted by Crippen LogP contribution is -2.57. The molecule has 3 aromatic carbocycles. The van der Waals surface area contributed by atoms with Gasteiger partial charge < -0.3 is 29.5 Å². The second kappa shape index (κ2) is 32.0. The van der Waals surface area contributed by atoms with Crippen LogP contribution in [0.3, 0.4) is 0 Å². The molecule has 12 saturated carbocycles. The van der Waals surface area contributed by atoms with E-state index in [0.717, 1.165) is 158 Å². The summed E-state index contributed by atoms with van der Waals surface area (Å²) in [5, 5.41) is 54.8. The average molecular weight is 1640 g/mol. The van der Waals surface area contributed by atoms with Gasteiger partial charge in [0.15, 0.2) is 11.6 Å². The molecule has 19 heteroatoms. The van der Waals surface area contributed by atoms with Crippen molar-refractivity contribution < 1.29 is 43.9 Å². The number of fused-ring (bicyclic) bond motifs is 18. The third kappa shape index (κ3) is 15.0. The van der Waals surface area contributed by atoms with E-state index < -0.39 is 16.8 Å². The number of Topliss-reactive ketones (excluding diaryl/α,β-unsaturated/α-hetero) is 3. The first-order valence-electron chi connectivity index (χ1n) is 42.1. The van der Waals surface area contributed by atoms with Crippen LogP contribution in [0.2, 0.25) is 15.1 Å². The molecule has 24 atom stereocenters. The standard InChI is InChI=1S/2C30H41ClN2O3.C23H37BrO3.C7H5ClN2.CH4/c1-28-12-13-30(35,18-36-3)15-20(28)4-6-22-23-7-8-25(29(23,2)11-10-24(22)28)27(34)17-33-16-19-14-21(31)5-9-26(19)32-33;1-28-12-13-30(35,18-36-3)15-20(28)4-6-22-23-7-8-25(29(23,2)11-10-24(22)28)27(34)17-33-26-9-5-21(31)14-19(26)16-32-33;1-21-10-11-23(26,14-27-3)12-15(21)4-5-16-17-6-7-19(20(25)13-24)22(17,2)9-8-18(16)21;8-6-1-2-7-5(3-6)4-9-10-7;/h2*5,9,14,16,20,22-25,35H,4,6-8,10-13,15,17-18H2,1-3H3;15-19,26H,4-14H2,1-3H3;1-3H,4H2;1H4/t2*20-,22-,23-,24-,25+,28-,29-,30+;15-,16-,17-,18-,19+,21-,22-,23+;;/m000../s1. The zero-order chi connectivity index (χ0) is 77.0. The second-order valence-corrected chi connectivity index (χ2v) is 41.2. The Kier molecular flexibility index (Phi) is 24.1. The number of aromatic nitrogens is 4. The number of rotatable bonds is 14. The molecule has 0 amide bonds. The molecule has 2 aromatic heterocycles. The third-order valence-electron chi connectivity index (χ3n) is 34.2. The maximum Gasteiger partial charge on any atom is 0.157 e. The summed E-state index contributed by atoms with van der Waals surface area (Å²) in [6, 6.07) is 17.1. The number of hydrogen-bond acceptors (Lipinski definition) is 13. The van der Waals surface area contributed by atoms with Crippen LogP contribution in [0.15, 0.2) is 77.2 Å². The number of ketones is 3. The Bertz CT molecular complexity index is 4200. The van der Waals surface area contributed by atoms with Crippen molar-refractivity contribution in [2.45, 2.75) is 259 Å². The molecule has 3 N–H and O–H groups in total. The summed E-state index contributed by atoms with van der Waals surface area (Å²) in [6.45, 7) is 17.6. The predicted octanol–water partition coefficient (Wildman–Crippen LogP) is 21.2. The van der Waals surface area contributed by atoms with Crippen LogP contribution >= 0.6 is 50.7 Å². The van der Waals surface area contributed by atoms with E-state index in [1.54, 1.807) is 21.3 Å². The summed E-state index contributed by atoms with van der Waals surface area (Å²) in [6.07, 6.45) is 33.8. The number of aliphatic hydroxyl groups is 3.